The first kappa shape index (κ1) is 18.6. The zero-order valence-corrected chi connectivity index (χ0v) is 17.3. The van der Waals surface area contributed by atoms with E-state index in [0.29, 0.717) is 5.92 Å². The number of benzene rings is 2. The van der Waals surface area contributed by atoms with Crippen molar-refractivity contribution in [1.82, 2.24) is 14.5 Å². The fourth-order valence-electron chi connectivity index (χ4n) is 4.34. The lowest BCUT2D eigenvalue weighted by atomic mass is 10.1. The van der Waals surface area contributed by atoms with Crippen molar-refractivity contribution in [2.75, 3.05) is 11.9 Å². The summed E-state index contributed by atoms with van der Waals surface area (Å²) in [6.45, 7) is 3.14. The quantitative estimate of drug-likeness (QED) is 0.481. The lowest BCUT2D eigenvalue weighted by Gasteiger charge is -2.13. The Morgan fingerprint density at radius 2 is 1.73 bits per heavy atom. The first-order chi connectivity index (χ1) is 14.8. The van der Waals surface area contributed by atoms with E-state index in [2.05, 4.69) is 76.5 Å². The molecule has 0 saturated heterocycles. The second-order valence-corrected chi connectivity index (χ2v) is 7.98. The van der Waals surface area contributed by atoms with Crippen LogP contribution in [0.25, 0.3) is 16.9 Å². The van der Waals surface area contributed by atoms with Gasteiger partial charge >= 0.3 is 0 Å². The van der Waals surface area contributed by atoms with Gasteiger partial charge in [-0.1, -0.05) is 31.2 Å². The van der Waals surface area contributed by atoms with Gasteiger partial charge in [0.1, 0.15) is 5.82 Å². The smallest absolute Gasteiger partial charge is 0.113 e. The van der Waals surface area contributed by atoms with Crippen molar-refractivity contribution in [3.8, 4) is 16.9 Å². The maximum Gasteiger partial charge on any atom is 0.113 e. The van der Waals surface area contributed by atoms with Gasteiger partial charge in [-0.3, -0.25) is 4.98 Å². The minimum Gasteiger partial charge on any atom is -0.385 e. The topological polar surface area (TPSA) is 42.7 Å². The number of pyridine rings is 1. The fourth-order valence-corrected chi connectivity index (χ4v) is 4.34. The molecule has 0 saturated carbocycles. The van der Waals surface area contributed by atoms with E-state index in [1.165, 1.54) is 29.7 Å². The average Bonchev–Trinajstić information content (AvgIpc) is 3.42. The van der Waals surface area contributed by atoms with Crippen molar-refractivity contribution in [3.05, 3.63) is 96.2 Å². The Hall–Kier alpha value is -3.40. The molecule has 0 amide bonds. The van der Waals surface area contributed by atoms with Crippen LogP contribution >= 0.6 is 0 Å². The Labute approximate surface area is 177 Å². The Morgan fingerprint density at radius 1 is 0.967 bits per heavy atom. The van der Waals surface area contributed by atoms with Crippen molar-refractivity contribution in [3.63, 3.8) is 0 Å². The Balaban J connectivity index is 1.28. The van der Waals surface area contributed by atoms with Gasteiger partial charge in [0.25, 0.3) is 0 Å². The van der Waals surface area contributed by atoms with Crippen LogP contribution in [-0.4, -0.2) is 21.1 Å². The van der Waals surface area contributed by atoms with Gasteiger partial charge in [-0.15, -0.1) is 0 Å². The van der Waals surface area contributed by atoms with E-state index in [0.717, 1.165) is 35.7 Å². The number of nitrogens with one attached hydrogen (secondary N) is 1. The lowest BCUT2D eigenvalue weighted by Crippen LogP contribution is -2.14. The molecule has 150 valence electrons. The Morgan fingerprint density at radius 3 is 2.40 bits per heavy atom. The minimum absolute atomic E-state index is 0.671. The lowest BCUT2D eigenvalue weighted by molar-refractivity contribution is 0.594. The number of hydrogen-bond donors (Lipinski definition) is 1. The molecule has 1 N–H and O–H groups in total. The van der Waals surface area contributed by atoms with E-state index < -0.39 is 0 Å². The van der Waals surface area contributed by atoms with Crippen molar-refractivity contribution < 1.29 is 0 Å². The van der Waals surface area contributed by atoms with E-state index in [1.54, 1.807) is 6.20 Å². The van der Waals surface area contributed by atoms with Crippen molar-refractivity contribution in [2.24, 2.45) is 5.92 Å². The molecule has 0 unspecified atom stereocenters. The molecule has 5 rings (SSSR count). The second-order valence-electron chi connectivity index (χ2n) is 7.98. The van der Waals surface area contributed by atoms with Crippen molar-refractivity contribution >= 4 is 5.69 Å². The molecule has 0 radical (unpaired) electrons. The maximum absolute atomic E-state index is 4.81. The van der Waals surface area contributed by atoms with Gasteiger partial charge in [-0.05, 0) is 66.3 Å². The largest absolute Gasteiger partial charge is 0.385 e. The standard InChI is InChI=1S/C26H26N4/c1-2-26-29-25(22-8-5-13-27-17-22)18-30(26)24-11-9-23(10-12-24)28-16-19-14-20-6-3-4-7-21(20)15-19/h3-13,17-19,28H,2,14-16H2,1H3. The molecule has 30 heavy (non-hydrogen) atoms. The predicted molar refractivity (Wildman–Crippen MR) is 122 cm³/mol. The molecule has 0 fully saturated rings. The third-order valence-electron chi connectivity index (χ3n) is 5.93. The summed E-state index contributed by atoms with van der Waals surface area (Å²) in [7, 11) is 0. The summed E-state index contributed by atoms with van der Waals surface area (Å²) in [4.78, 5) is 9.03. The van der Waals surface area contributed by atoms with Gasteiger partial charge in [0.2, 0.25) is 0 Å². The zero-order valence-electron chi connectivity index (χ0n) is 17.3. The summed E-state index contributed by atoms with van der Waals surface area (Å²) >= 11 is 0. The van der Waals surface area contributed by atoms with Crippen LogP contribution in [0.4, 0.5) is 5.69 Å². The Bertz CT molecular complexity index is 1100. The van der Waals surface area contributed by atoms with Crippen molar-refractivity contribution in [2.45, 2.75) is 26.2 Å². The molecule has 2 aromatic carbocycles. The van der Waals surface area contributed by atoms with Crippen LogP contribution < -0.4 is 5.32 Å². The molecule has 4 nitrogen and oxygen atoms in total. The van der Waals surface area contributed by atoms with Crippen LogP contribution in [0.1, 0.15) is 23.9 Å². The van der Waals surface area contributed by atoms with Crippen LogP contribution in [0.15, 0.2) is 79.3 Å². The highest BCUT2D eigenvalue weighted by atomic mass is 15.1. The second kappa shape index (κ2) is 8.15. The first-order valence-electron chi connectivity index (χ1n) is 10.7. The minimum atomic E-state index is 0.671. The molecule has 1 aliphatic rings. The number of nitrogens with zero attached hydrogens (tertiary/aromatic N) is 3. The zero-order chi connectivity index (χ0) is 20.3. The van der Waals surface area contributed by atoms with Gasteiger partial charge in [-0.2, -0.15) is 0 Å². The Kier molecular flexibility index (Phi) is 5.06. The van der Waals surface area contributed by atoms with Gasteiger partial charge in [0.05, 0.1) is 5.69 Å². The molecule has 0 aliphatic heterocycles. The van der Waals surface area contributed by atoms with E-state index in [-0.39, 0.29) is 0 Å². The molecule has 0 spiro atoms. The third kappa shape index (κ3) is 3.73. The maximum atomic E-state index is 4.81. The molecule has 2 aromatic heterocycles. The van der Waals surface area contributed by atoms with Gasteiger partial charge in [-0.25, -0.2) is 4.98 Å². The molecule has 4 aromatic rings. The van der Waals surface area contributed by atoms with Crippen LogP contribution in [0, 0.1) is 5.92 Å². The summed E-state index contributed by atoms with van der Waals surface area (Å²) in [5.74, 6) is 1.72. The fraction of sp³-hybridized carbons (Fsp3) is 0.231. The number of hydrogen-bond acceptors (Lipinski definition) is 3. The van der Waals surface area contributed by atoms with E-state index in [9.17, 15) is 0 Å². The molecule has 4 heteroatoms. The first-order valence-corrected chi connectivity index (χ1v) is 10.7. The van der Waals surface area contributed by atoms with Crippen LogP contribution in [0.5, 0.6) is 0 Å². The number of aromatic nitrogens is 3. The molecule has 0 atom stereocenters. The summed E-state index contributed by atoms with van der Waals surface area (Å²) < 4.78 is 2.18. The monoisotopic (exact) mass is 394 g/mol. The number of rotatable bonds is 6. The predicted octanol–water partition coefficient (Wildman–Crippen LogP) is 5.32. The van der Waals surface area contributed by atoms with Crippen LogP contribution in [0.3, 0.4) is 0 Å². The van der Waals surface area contributed by atoms with E-state index in [1.807, 2.05) is 18.3 Å². The molecular weight excluding hydrogens is 368 g/mol. The molecular formula is C26H26N4. The van der Waals surface area contributed by atoms with Crippen LogP contribution in [-0.2, 0) is 19.3 Å². The number of anilines is 1. The third-order valence-corrected chi connectivity index (χ3v) is 5.93. The SMILES string of the molecule is CCc1nc(-c2cccnc2)cn1-c1ccc(NCC2Cc3ccccc3C2)cc1. The van der Waals surface area contributed by atoms with E-state index in [4.69, 9.17) is 4.98 Å². The highest BCUT2D eigenvalue weighted by Crippen LogP contribution is 2.27. The number of fused-ring (bicyclic) bond motifs is 1. The molecule has 1 aliphatic carbocycles. The molecule has 2 heterocycles. The van der Waals surface area contributed by atoms with Crippen molar-refractivity contribution in [1.29, 1.82) is 0 Å². The molecule has 0 bridgehead atoms. The highest BCUT2D eigenvalue weighted by molar-refractivity contribution is 5.59. The number of imidazole rings is 1. The summed E-state index contributed by atoms with van der Waals surface area (Å²) in [6, 6.07) is 21.5. The van der Waals surface area contributed by atoms with Crippen LogP contribution in [0.2, 0.25) is 0 Å². The summed E-state index contributed by atoms with van der Waals surface area (Å²) in [6.07, 6.45) is 8.98. The van der Waals surface area contributed by atoms with E-state index >= 15 is 0 Å². The normalized spacial score (nSPS) is 13.4. The average molecular weight is 395 g/mol. The van der Waals surface area contributed by atoms with Gasteiger partial charge in [0.15, 0.2) is 0 Å². The summed E-state index contributed by atoms with van der Waals surface area (Å²) in [5, 5.41) is 3.63. The summed E-state index contributed by atoms with van der Waals surface area (Å²) in [5.41, 5.74) is 7.32. The van der Waals surface area contributed by atoms with Gasteiger partial charge in [0, 0.05) is 48.5 Å². The number of aryl methyl sites for hydroxylation is 1. The highest BCUT2D eigenvalue weighted by Gasteiger charge is 2.20. The van der Waals surface area contributed by atoms with Gasteiger partial charge < -0.3 is 9.88 Å².